The molecule has 0 spiro atoms. The molecule has 0 fully saturated rings. The van der Waals surface area contributed by atoms with Gasteiger partial charge in [0, 0.05) is 0 Å². The summed E-state index contributed by atoms with van der Waals surface area (Å²) in [5.41, 5.74) is 4.90. The molecular formula is C18H20. The standard InChI is InChI=1S/C18H20/c1-18(14-15-8-3-2-4-9-15)13-7-11-16-10-5-6-12-17(16)18/h2-6,8-10,12H,7,11,13-14H2,1H3. The van der Waals surface area contributed by atoms with Crippen LogP contribution in [0.2, 0.25) is 0 Å². The second-order valence-electron chi connectivity index (χ2n) is 5.73. The minimum absolute atomic E-state index is 0.316. The summed E-state index contributed by atoms with van der Waals surface area (Å²) in [7, 11) is 0. The van der Waals surface area contributed by atoms with Crippen molar-refractivity contribution in [2.45, 2.75) is 38.0 Å². The Labute approximate surface area is 110 Å². The Bertz CT molecular complexity index is 527. The van der Waals surface area contributed by atoms with Gasteiger partial charge < -0.3 is 0 Å². The van der Waals surface area contributed by atoms with Crippen LogP contribution in [0.3, 0.4) is 0 Å². The quantitative estimate of drug-likeness (QED) is 0.719. The lowest BCUT2D eigenvalue weighted by Crippen LogP contribution is -2.29. The fourth-order valence-electron chi connectivity index (χ4n) is 3.36. The third-order valence-corrected chi connectivity index (χ3v) is 4.28. The molecule has 2 aromatic carbocycles. The van der Waals surface area contributed by atoms with Gasteiger partial charge in [0.25, 0.3) is 0 Å². The summed E-state index contributed by atoms with van der Waals surface area (Å²) >= 11 is 0. The molecule has 2 aromatic rings. The highest BCUT2D eigenvalue weighted by molar-refractivity contribution is 5.38. The van der Waals surface area contributed by atoms with E-state index in [4.69, 9.17) is 0 Å². The molecule has 0 saturated carbocycles. The molecule has 0 amide bonds. The van der Waals surface area contributed by atoms with Crippen LogP contribution < -0.4 is 0 Å². The zero-order valence-electron chi connectivity index (χ0n) is 11.0. The average molecular weight is 236 g/mol. The summed E-state index contributed by atoms with van der Waals surface area (Å²) in [5.74, 6) is 0. The number of hydrogen-bond acceptors (Lipinski definition) is 0. The smallest absolute Gasteiger partial charge is 0.00321 e. The molecule has 0 heterocycles. The average Bonchev–Trinajstić information content (AvgIpc) is 2.40. The summed E-state index contributed by atoms with van der Waals surface area (Å²) in [6, 6.07) is 19.9. The van der Waals surface area contributed by atoms with Gasteiger partial charge >= 0.3 is 0 Å². The van der Waals surface area contributed by atoms with Crippen LogP contribution >= 0.6 is 0 Å². The van der Waals surface area contributed by atoms with Gasteiger partial charge in [-0.15, -0.1) is 0 Å². The Balaban J connectivity index is 1.96. The van der Waals surface area contributed by atoms with Crippen molar-refractivity contribution in [1.29, 1.82) is 0 Å². The highest BCUT2D eigenvalue weighted by Gasteiger charge is 2.31. The normalized spacial score (nSPS) is 22.5. The third kappa shape index (κ3) is 2.08. The first-order valence-corrected chi connectivity index (χ1v) is 6.90. The van der Waals surface area contributed by atoms with Crippen molar-refractivity contribution in [1.82, 2.24) is 0 Å². The molecule has 0 bridgehead atoms. The molecule has 18 heavy (non-hydrogen) atoms. The van der Waals surface area contributed by atoms with Crippen molar-refractivity contribution in [2.75, 3.05) is 0 Å². The number of benzene rings is 2. The Morgan fingerprint density at radius 3 is 2.50 bits per heavy atom. The summed E-state index contributed by atoms with van der Waals surface area (Å²) in [6.07, 6.45) is 5.03. The molecule has 0 nitrogen and oxygen atoms in total. The van der Waals surface area contributed by atoms with Crippen LogP contribution in [0, 0.1) is 0 Å². The van der Waals surface area contributed by atoms with Crippen molar-refractivity contribution in [3.05, 3.63) is 71.3 Å². The van der Waals surface area contributed by atoms with Gasteiger partial charge in [0.2, 0.25) is 0 Å². The van der Waals surface area contributed by atoms with Crippen LogP contribution in [0.5, 0.6) is 0 Å². The zero-order valence-corrected chi connectivity index (χ0v) is 11.0. The van der Waals surface area contributed by atoms with Crippen molar-refractivity contribution in [3.63, 3.8) is 0 Å². The van der Waals surface area contributed by atoms with Crippen molar-refractivity contribution < 1.29 is 0 Å². The highest BCUT2D eigenvalue weighted by atomic mass is 14.4. The van der Waals surface area contributed by atoms with E-state index in [1.165, 1.54) is 24.8 Å². The van der Waals surface area contributed by atoms with Gasteiger partial charge in [-0.1, -0.05) is 61.5 Å². The molecule has 0 saturated heterocycles. The molecule has 1 unspecified atom stereocenters. The van der Waals surface area contributed by atoms with Gasteiger partial charge in [-0.2, -0.15) is 0 Å². The molecule has 1 atom stereocenters. The van der Waals surface area contributed by atoms with Gasteiger partial charge in [-0.25, -0.2) is 0 Å². The number of hydrogen-bond donors (Lipinski definition) is 0. The Morgan fingerprint density at radius 2 is 1.67 bits per heavy atom. The summed E-state index contributed by atoms with van der Waals surface area (Å²) in [6.45, 7) is 2.43. The van der Waals surface area contributed by atoms with Crippen molar-refractivity contribution in [3.8, 4) is 0 Å². The molecule has 0 N–H and O–H groups in total. The molecule has 92 valence electrons. The van der Waals surface area contributed by atoms with Crippen LogP contribution in [-0.4, -0.2) is 0 Å². The predicted octanol–water partition coefficient (Wildman–Crippen LogP) is 4.52. The number of rotatable bonds is 2. The zero-order chi connectivity index (χ0) is 12.4. The summed E-state index contributed by atoms with van der Waals surface area (Å²) in [4.78, 5) is 0. The minimum Gasteiger partial charge on any atom is -0.0622 e. The van der Waals surface area contributed by atoms with E-state index < -0.39 is 0 Å². The molecule has 0 aromatic heterocycles. The predicted molar refractivity (Wildman–Crippen MR) is 76.9 cm³/mol. The Kier molecular flexibility index (Phi) is 2.95. The maximum atomic E-state index is 2.43. The van der Waals surface area contributed by atoms with E-state index in [9.17, 15) is 0 Å². The Morgan fingerprint density at radius 1 is 0.944 bits per heavy atom. The molecular weight excluding hydrogens is 216 g/mol. The van der Waals surface area contributed by atoms with E-state index in [1.807, 2.05) is 0 Å². The SMILES string of the molecule is CC1(Cc2ccccc2)CCCc2ccccc21. The molecule has 0 heteroatoms. The van der Waals surface area contributed by atoms with Crippen molar-refractivity contribution >= 4 is 0 Å². The molecule has 0 aliphatic heterocycles. The van der Waals surface area contributed by atoms with Gasteiger partial charge in [-0.3, -0.25) is 0 Å². The largest absolute Gasteiger partial charge is 0.0622 e. The van der Waals surface area contributed by atoms with E-state index in [-0.39, 0.29) is 0 Å². The van der Waals surface area contributed by atoms with Gasteiger partial charge in [-0.05, 0) is 47.8 Å². The van der Waals surface area contributed by atoms with Crippen LogP contribution in [0.15, 0.2) is 54.6 Å². The lowest BCUT2D eigenvalue weighted by atomic mass is 9.68. The fourth-order valence-corrected chi connectivity index (χ4v) is 3.36. The van der Waals surface area contributed by atoms with E-state index in [0.29, 0.717) is 5.41 Å². The van der Waals surface area contributed by atoms with E-state index in [2.05, 4.69) is 61.5 Å². The summed E-state index contributed by atoms with van der Waals surface area (Å²) < 4.78 is 0. The van der Waals surface area contributed by atoms with E-state index in [0.717, 1.165) is 6.42 Å². The van der Waals surface area contributed by atoms with Crippen LogP contribution in [-0.2, 0) is 18.3 Å². The molecule has 0 radical (unpaired) electrons. The maximum absolute atomic E-state index is 2.43. The van der Waals surface area contributed by atoms with Gasteiger partial charge in [0.15, 0.2) is 0 Å². The van der Waals surface area contributed by atoms with Crippen molar-refractivity contribution in [2.24, 2.45) is 0 Å². The Hall–Kier alpha value is -1.56. The van der Waals surface area contributed by atoms with Crippen LogP contribution in [0.1, 0.15) is 36.5 Å². The second-order valence-corrected chi connectivity index (χ2v) is 5.73. The third-order valence-electron chi connectivity index (χ3n) is 4.28. The topological polar surface area (TPSA) is 0 Å². The maximum Gasteiger partial charge on any atom is -0.00321 e. The molecule has 1 aliphatic carbocycles. The van der Waals surface area contributed by atoms with Crippen LogP contribution in [0.4, 0.5) is 0 Å². The van der Waals surface area contributed by atoms with E-state index in [1.54, 1.807) is 11.1 Å². The molecule has 3 rings (SSSR count). The van der Waals surface area contributed by atoms with Gasteiger partial charge in [0.05, 0.1) is 0 Å². The first-order chi connectivity index (χ1) is 8.78. The van der Waals surface area contributed by atoms with Gasteiger partial charge in [0.1, 0.15) is 0 Å². The lowest BCUT2D eigenvalue weighted by Gasteiger charge is -2.36. The monoisotopic (exact) mass is 236 g/mol. The second kappa shape index (κ2) is 4.61. The summed E-state index contributed by atoms with van der Waals surface area (Å²) in [5, 5.41) is 0. The number of aryl methyl sites for hydroxylation is 1. The number of fused-ring (bicyclic) bond motifs is 1. The first-order valence-electron chi connectivity index (χ1n) is 6.90. The molecule has 1 aliphatic rings. The highest BCUT2D eigenvalue weighted by Crippen LogP contribution is 2.39. The fraction of sp³-hybridized carbons (Fsp3) is 0.333. The lowest BCUT2D eigenvalue weighted by molar-refractivity contribution is 0.391. The van der Waals surface area contributed by atoms with E-state index >= 15 is 0 Å². The minimum atomic E-state index is 0.316. The first kappa shape index (κ1) is 11.5. The van der Waals surface area contributed by atoms with Crippen LogP contribution in [0.25, 0.3) is 0 Å².